The minimum atomic E-state index is 0.402. The highest BCUT2D eigenvalue weighted by molar-refractivity contribution is 5.25. The monoisotopic (exact) mass is 298 g/mol. The summed E-state index contributed by atoms with van der Waals surface area (Å²) in [5.74, 6) is 0. The second kappa shape index (κ2) is 6.61. The standard InChI is InChI=1S/C18H26N4/c1-4-16-9-8-14(10-19-16)11-20-17-7-5-6-15-12-21-22(13(2)3)18(15)17/h8-10,12-13,17,20H,4-7,11H2,1-3H3. The second-order valence-corrected chi connectivity index (χ2v) is 6.43. The van der Waals surface area contributed by atoms with Crippen LogP contribution in [0.4, 0.5) is 0 Å². The van der Waals surface area contributed by atoms with Crippen LogP contribution in [-0.4, -0.2) is 14.8 Å². The Morgan fingerprint density at radius 1 is 1.32 bits per heavy atom. The fraction of sp³-hybridized carbons (Fsp3) is 0.556. The molecule has 1 aliphatic carbocycles. The van der Waals surface area contributed by atoms with E-state index in [4.69, 9.17) is 0 Å². The summed E-state index contributed by atoms with van der Waals surface area (Å²) in [5.41, 5.74) is 5.21. The van der Waals surface area contributed by atoms with Crippen LogP contribution >= 0.6 is 0 Å². The molecular formula is C18H26N4. The zero-order valence-electron chi connectivity index (χ0n) is 13.8. The van der Waals surface area contributed by atoms with Gasteiger partial charge < -0.3 is 5.32 Å². The van der Waals surface area contributed by atoms with E-state index in [1.54, 1.807) is 0 Å². The summed E-state index contributed by atoms with van der Waals surface area (Å²) in [7, 11) is 0. The first kappa shape index (κ1) is 15.2. The van der Waals surface area contributed by atoms with E-state index in [-0.39, 0.29) is 0 Å². The van der Waals surface area contributed by atoms with Gasteiger partial charge >= 0.3 is 0 Å². The Morgan fingerprint density at radius 2 is 2.18 bits per heavy atom. The minimum Gasteiger partial charge on any atom is -0.304 e. The quantitative estimate of drug-likeness (QED) is 0.917. The molecule has 4 nitrogen and oxygen atoms in total. The van der Waals surface area contributed by atoms with Crippen molar-refractivity contribution in [1.29, 1.82) is 0 Å². The molecule has 22 heavy (non-hydrogen) atoms. The van der Waals surface area contributed by atoms with Crippen molar-refractivity contribution >= 4 is 0 Å². The summed E-state index contributed by atoms with van der Waals surface area (Å²) in [4.78, 5) is 4.48. The summed E-state index contributed by atoms with van der Waals surface area (Å²) in [6.45, 7) is 7.40. The summed E-state index contributed by atoms with van der Waals surface area (Å²) in [6.07, 6.45) is 8.63. The van der Waals surface area contributed by atoms with Crippen LogP contribution in [0.5, 0.6) is 0 Å². The van der Waals surface area contributed by atoms with Gasteiger partial charge in [-0.2, -0.15) is 5.10 Å². The second-order valence-electron chi connectivity index (χ2n) is 6.43. The highest BCUT2D eigenvalue weighted by Gasteiger charge is 2.25. The zero-order valence-corrected chi connectivity index (χ0v) is 13.8. The molecule has 0 spiro atoms. The minimum absolute atomic E-state index is 0.402. The van der Waals surface area contributed by atoms with E-state index in [1.165, 1.54) is 29.7 Å². The maximum absolute atomic E-state index is 4.59. The van der Waals surface area contributed by atoms with Crippen LogP contribution in [0.25, 0.3) is 0 Å². The van der Waals surface area contributed by atoms with Gasteiger partial charge in [-0.05, 0) is 56.7 Å². The number of hydrogen-bond acceptors (Lipinski definition) is 3. The van der Waals surface area contributed by atoms with Crippen LogP contribution in [-0.2, 0) is 19.4 Å². The Hall–Kier alpha value is -1.68. The van der Waals surface area contributed by atoms with Gasteiger partial charge in [-0.3, -0.25) is 9.67 Å². The van der Waals surface area contributed by atoms with E-state index in [9.17, 15) is 0 Å². The molecule has 2 aromatic rings. The molecule has 3 rings (SSSR count). The predicted molar refractivity (Wildman–Crippen MR) is 88.7 cm³/mol. The molecule has 1 atom stereocenters. The van der Waals surface area contributed by atoms with Crippen LogP contribution in [0, 0.1) is 0 Å². The van der Waals surface area contributed by atoms with Crippen LogP contribution in [0.1, 0.15) is 68.2 Å². The van der Waals surface area contributed by atoms with Gasteiger partial charge in [-0.1, -0.05) is 13.0 Å². The molecule has 0 amide bonds. The van der Waals surface area contributed by atoms with Gasteiger partial charge in [0.05, 0.1) is 11.9 Å². The van der Waals surface area contributed by atoms with Crippen molar-refractivity contribution in [3.63, 3.8) is 0 Å². The van der Waals surface area contributed by atoms with Crippen molar-refractivity contribution < 1.29 is 0 Å². The van der Waals surface area contributed by atoms with E-state index in [0.717, 1.165) is 25.1 Å². The smallest absolute Gasteiger partial charge is 0.0588 e. The lowest BCUT2D eigenvalue weighted by molar-refractivity contribution is 0.401. The Kier molecular flexibility index (Phi) is 4.57. The van der Waals surface area contributed by atoms with Crippen molar-refractivity contribution in [2.45, 2.75) is 65.1 Å². The maximum Gasteiger partial charge on any atom is 0.0588 e. The third-order valence-electron chi connectivity index (χ3n) is 4.47. The maximum atomic E-state index is 4.59. The van der Waals surface area contributed by atoms with Crippen LogP contribution in [0.2, 0.25) is 0 Å². The third-order valence-corrected chi connectivity index (χ3v) is 4.47. The number of aromatic nitrogens is 3. The lowest BCUT2D eigenvalue weighted by atomic mass is 9.93. The summed E-state index contributed by atoms with van der Waals surface area (Å²) in [5, 5.41) is 8.30. The van der Waals surface area contributed by atoms with Crippen molar-refractivity contribution in [2.24, 2.45) is 0 Å². The van der Waals surface area contributed by atoms with Gasteiger partial charge in [0.15, 0.2) is 0 Å². The zero-order chi connectivity index (χ0) is 15.5. The SMILES string of the molecule is CCc1ccc(CNC2CCCc3cnn(C(C)C)c32)cn1. The van der Waals surface area contributed by atoms with Gasteiger partial charge in [0, 0.05) is 30.5 Å². The molecule has 2 heterocycles. The molecule has 1 unspecified atom stereocenters. The largest absolute Gasteiger partial charge is 0.304 e. The van der Waals surface area contributed by atoms with Crippen molar-refractivity contribution in [3.8, 4) is 0 Å². The lowest BCUT2D eigenvalue weighted by Crippen LogP contribution is -2.27. The summed E-state index contributed by atoms with van der Waals surface area (Å²) < 4.78 is 2.19. The first-order valence-corrected chi connectivity index (χ1v) is 8.42. The molecule has 0 saturated heterocycles. The van der Waals surface area contributed by atoms with Crippen LogP contribution in [0.3, 0.4) is 0 Å². The van der Waals surface area contributed by atoms with Crippen LogP contribution < -0.4 is 5.32 Å². The van der Waals surface area contributed by atoms with Gasteiger partial charge in [0.2, 0.25) is 0 Å². The van der Waals surface area contributed by atoms with E-state index in [0.29, 0.717) is 12.1 Å². The van der Waals surface area contributed by atoms with Crippen molar-refractivity contribution in [2.75, 3.05) is 0 Å². The van der Waals surface area contributed by atoms with Gasteiger partial charge in [0.1, 0.15) is 0 Å². The fourth-order valence-electron chi connectivity index (χ4n) is 3.24. The molecule has 1 N–H and O–H groups in total. The number of aryl methyl sites for hydroxylation is 2. The average molecular weight is 298 g/mol. The van der Waals surface area contributed by atoms with E-state index < -0.39 is 0 Å². The predicted octanol–water partition coefficient (Wildman–Crippen LogP) is 3.59. The highest BCUT2D eigenvalue weighted by atomic mass is 15.3. The first-order valence-electron chi connectivity index (χ1n) is 8.42. The number of nitrogens with one attached hydrogen (secondary N) is 1. The molecule has 4 heteroatoms. The first-order chi connectivity index (χ1) is 10.7. The van der Waals surface area contributed by atoms with Crippen molar-refractivity contribution in [1.82, 2.24) is 20.1 Å². The molecule has 0 bridgehead atoms. The molecule has 1 aliphatic rings. The van der Waals surface area contributed by atoms with Crippen LogP contribution in [0.15, 0.2) is 24.5 Å². The normalized spacial score (nSPS) is 17.7. The number of fused-ring (bicyclic) bond motifs is 1. The number of hydrogen-bond donors (Lipinski definition) is 1. The molecule has 0 radical (unpaired) electrons. The molecular weight excluding hydrogens is 272 g/mol. The highest BCUT2D eigenvalue weighted by Crippen LogP contribution is 2.31. The van der Waals surface area contributed by atoms with Gasteiger partial charge in [0.25, 0.3) is 0 Å². The van der Waals surface area contributed by atoms with Gasteiger partial charge in [-0.25, -0.2) is 0 Å². The Labute approximate surface area is 133 Å². The average Bonchev–Trinajstić information content (AvgIpc) is 2.98. The topological polar surface area (TPSA) is 42.7 Å². The molecule has 0 aliphatic heterocycles. The molecule has 0 aromatic carbocycles. The fourth-order valence-corrected chi connectivity index (χ4v) is 3.24. The molecule has 2 aromatic heterocycles. The van der Waals surface area contributed by atoms with E-state index in [2.05, 4.69) is 59.2 Å². The van der Waals surface area contributed by atoms with Gasteiger partial charge in [-0.15, -0.1) is 0 Å². The number of pyridine rings is 1. The Morgan fingerprint density at radius 3 is 2.86 bits per heavy atom. The molecule has 0 fully saturated rings. The Bertz CT molecular complexity index is 613. The number of nitrogens with zero attached hydrogens (tertiary/aromatic N) is 3. The Balaban J connectivity index is 1.72. The van der Waals surface area contributed by atoms with Crippen molar-refractivity contribution in [3.05, 3.63) is 47.0 Å². The number of rotatable bonds is 5. The molecule has 118 valence electrons. The molecule has 0 saturated carbocycles. The van der Waals surface area contributed by atoms with E-state index >= 15 is 0 Å². The summed E-state index contributed by atoms with van der Waals surface area (Å²) in [6, 6.07) is 5.13. The third kappa shape index (κ3) is 3.07. The van der Waals surface area contributed by atoms with E-state index in [1.807, 2.05) is 6.20 Å². The lowest BCUT2D eigenvalue weighted by Gasteiger charge is -2.26. The summed E-state index contributed by atoms with van der Waals surface area (Å²) >= 11 is 0.